The van der Waals surface area contributed by atoms with Crippen LogP contribution in [0.15, 0.2) is 57.2 Å². The van der Waals surface area contributed by atoms with Crippen LogP contribution in [0.4, 0.5) is 22.7 Å². The van der Waals surface area contributed by atoms with E-state index in [-0.39, 0.29) is 11.3 Å². The summed E-state index contributed by atoms with van der Waals surface area (Å²) in [7, 11) is -14.5. The van der Waals surface area contributed by atoms with Gasteiger partial charge in [0.2, 0.25) is 0 Å². The molecule has 0 unspecified atom stereocenters. The van der Waals surface area contributed by atoms with Gasteiger partial charge in [-0.3, -0.25) is 23.2 Å². The third kappa shape index (κ3) is 4.54. The zero-order chi connectivity index (χ0) is 27.7. The molecule has 37 heavy (non-hydrogen) atoms. The van der Waals surface area contributed by atoms with E-state index >= 15 is 0 Å². The third-order valence-corrected chi connectivity index (χ3v) is 8.08. The molecule has 0 heterocycles. The van der Waals surface area contributed by atoms with Gasteiger partial charge in [-0.25, -0.2) is 0 Å². The van der Waals surface area contributed by atoms with Crippen molar-refractivity contribution in [2.75, 3.05) is 16.8 Å². The number of hydrogen-bond acceptors (Lipinski definition) is 11. The molecule has 0 amide bonds. The van der Waals surface area contributed by atoms with E-state index in [1.807, 2.05) is 0 Å². The van der Waals surface area contributed by atoms with Gasteiger partial charge in [-0.2, -0.15) is 25.3 Å². The second-order valence-electron chi connectivity index (χ2n) is 7.75. The summed E-state index contributed by atoms with van der Waals surface area (Å²) < 4.78 is 98.1. The van der Waals surface area contributed by atoms with Crippen molar-refractivity contribution >= 4 is 64.7 Å². The number of hydrogen-bond donors (Lipinski definition) is 6. The molecule has 3 aromatic rings. The summed E-state index contributed by atoms with van der Waals surface area (Å²) in [6.45, 7) is 0. The molecule has 0 saturated heterocycles. The maximum atomic E-state index is 13.4. The van der Waals surface area contributed by atoms with Crippen molar-refractivity contribution in [1.29, 1.82) is 0 Å². The lowest BCUT2D eigenvalue weighted by molar-refractivity contribution is 0.0980. The average molecular weight is 570 g/mol. The lowest BCUT2D eigenvalue weighted by Crippen LogP contribution is -2.25. The average Bonchev–Trinajstić information content (AvgIpc) is 2.75. The molecule has 0 aliphatic heterocycles. The quantitative estimate of drug-likeness (QED) is 0.145. The highest BCUT2D eigenvalue weighted by molar-refractivity contribution is 7.86. The summed E-state index contributed by atoms with van der Waals surface area (Å²) in [5.41, 5.74) is 7.96. The molecular formula is C20H15N3O11S3. The summed E-state index contributed by atoms with van der Waals surface area (Å²) in [4.78, 5) is 24.4. The first-order chi connectivity index (χ1) is 16.9. The van der Waals surface area contributed by atoms with Crippen LogP contribution in [0.5, 0.6) is 0 Å². The Labute approximate surface area is 209 Å². The number of anilines is 4. The van der Waals surface area contributed by atoms with Crippen molar-refractivity contribution in [3.8, 4) is 0 Å². The van der Waals surface area contributed by atoms with E-state index in [0.29, 0.717) is 0 Å². The lowest BCUT2D eigenvalue weighted by Gasteiger charge is -2.24. The first-order valence-electron chi connectivity index (χ1n) is 9.70. The van der Waals surface area contributed by atoms with Gasteiger partial charge in [-0.1, -0.05) is 0 Å². The SMILES string of the molecule is Nc1cc(Nc2cc(S(=O)(=O)O)c(N)c3c2C(=O)c2cc(S(=O)(=O)O)ccc2C3=O)ccc1S(=O)(=O)O. The topological polar surface area (TPSA) is 261 Å². The van der Waals surface area contributed by atoms with E-state index in [2.05, 4.69) is 5.32 Å². The van der Waals surface area contributed by atoms with Crippen LogP contribution in [0.25, 0.3) is 0 Å². The number of benzene rings is 3. The standard InChI is InChI=1S/C20H15N3O11S3/c21-12-5-8(1-4-14(12)36(29,30)31)23-13-7-15(37(32,33)34)18(22)17-16(13)20(25)11-6-9(35(26,27)28)2-3-10(11)19(17)24/h1-7,23H,21-22H2,(H,26,27,28)(H,29,30,31)(H,32,33,34). The minimum atomic E-state index is -5.04. The van der Waals surface area contributed by atoms with E-state index < -0.39 is 90.4 Å². The van der Waals surface area contributed by atoms with Gasteiger partial charge in [0.1, 0.15) is 9.79 Å². The highest BCUT2D eigenvalue weighted by Crippen LogP contribution is 2.40. The van der Waals surface area contributed by atoms with E-state index in [1.165, 1.54) is 0 Å². The highest BCUT2D eigenvalue weighted by Gasteiger charge is 2.37. The molecule has 0 radical (unpaired) electrons. The van der Waals surface area contributed by atoms with E-state index in [4.69, 9.17) is 11.5 Å². The van der Waals surface area contributed by atoms with Crippen LogP contribution >= 0.6 is 0 Å². The second kappa shape index (κ2) is 8.33. The molecule has 4 rings (SSSR count). The Bertz CT molecular complexity index is 1880. The molecule has 194 valence electrons. The van der Waals surface area contributed by atoms with Crippen LogP contribution in [-0.4, -0.2) is 50.5 Å². The Kier molecular flexibility index (Phi) is 5.90. The summed E-state index contributed by atoms with van der Waals surface area (Å²) in [5.74, 6) is -1.98. The number of nitrogens with two attached hydrogens (primary N) is 2. The molecular weight excluding hydrogens is 554 g/mol. The van der Waals surface area contributed by atoms with E-state index in [0.717, 1.165) is 42.5 Å². The predicted molar refractivity (Wildman–Crippen MR) is 128 cm³/mol. The number of fused-ring (bicyclic) bond motifs is 2. The van der Waals surface area contributed by atoms with Gasteiger partial charge in [-0.15, -0.1) is 0 Å². The van der Waals surface area contributed by atoms with E-state index in [1.54, 1.807) is 0 Å². The monoisotopic (exact) mass is 569 g/mol. The van der Waals surface area contributed by atoms with Crippen LogP contribution < -0.4 is 16.8 Å². The minimum Gasteiger partial charge on any atom is -0.398 e. The van der Waals surface area contributed by atoms with Crippen LogP contribution in [0.1, 0.15) is 31.8 Å². The number of ketones is 2. The number of nitrogens with one attached hydrogen (secondary N) is 1. The number of nitrogen functional groups attached to an aromatic ring is 2. The summed E-state index contributed by atoms with van der Waals surface area (Å²) in [6.07, 6.45) is 0. The van der Waals surface area contributed by atoms with Gasteiger partial charge >= 0.3 is 0 Å². The van der Waals surface area contributed by atoms with Gasteiger partial charge in [-0.05, 0) is 42.5 Å². The molecule has 0 aromatic heterocycles. The lowest BCUT2D eigenvalue weighted by atomic mass is 9.82. The van der Waals surface area contributed by atoms with Gasteiger partial charge in [0.05, 0.1) is 33.1 Å². The molecule has 0 atom stereocenters. The molecule has 0 spiro atoms. The molecule has 1 aliphatic carbocycles. The predicted octanol–water partition coefficient (Wildman–Crippen LogP) is 1.11. The first-order valence-corrected chi connectivity index (χ1v) is 14.0. The summed E-state index contributed by atoms with van der Waals surface area (Å²) >= 11 is 0. The maximum Gasteiger partial charge on any atom is 0.296 e. The van der Waals surface area contributed by atoms with Crippen molar-refractivity contribution in [3.05, 3.63) is 64.7 Å². The normalized spacial score (nSPS) is 13.7. The van der Waals surface area contributed by atoms with Crippen molar-refractivity contribution in [2.45, 2.75) is 14.7 Å². The van der Waals surface area contributed by atoms with Crippen molar-refractivity contribution in [3.63, 3.8) is 0 Å². The minimum absolute atomic E-state index is 0.0455. The largest absolute Gasteiger partial charge is 0.398 e. The number of carbonyl (C=O) groups excluding carboxylic acids is 2. The van der Waals surface area contributed by atoms with Crippen LogP contribution in [0, 0.1) is 0 Å². The Morgan fingerprint density at radius 2 is 1.24 bits per heavy atom. The van der Waals surface area contributed by atoms with Crippen molar-refractivity contribution in [2.24, 2.45) is 0 Å². The smallest absolute Gasteiger partial charge is 0.296 e. The highest BCUT2D eigenvalue weighted by atomic mass is 32.2. The molecule has 0 bridgehead atoms. The zero-order valence-electron chi connectivity index (χ0n) is 18.0. The summed E-state index contributed by atoms with van der Waals surface area (Å²) in [6, 6.07) is 6.28. The molecule has 1 aliphatic rings. The molecule has 14 nitrogen and oxygen atoms in total. The van der Waals surface area contributed by atoms with Gasteiger partial charge in [0, 0.05) is 16.8 Å². The molecule has 8 N–H and O–H groups in total. The number of carbonyl (C=O) groups is 2. The molecule has 0 saturated carbocycles. The third-order valence-electron chi connectivity index (χ3n) is 5.41. The van der Waals surface area contributed by atoms with Crippen LogP contribution in [0.2, 0.25) is 0 Å². The zero-order valence-corrected chi connectivity index (χ0v) is 20.5. The number of rotatable bonds is 5. The van der Waals surface area contributed by atoms with E-state index in [9.17, 15) is 48.5 Å². The van der Waals surface area contributed by atoms with Gasteiger partial charge in [0.15, 0.2) is 11.6 Å². The molecule has 17 heteroatoms. The Morgan fingerprint density at radius 3 is 1.78 bits per heavy atom. The molecule has 3 aromatic carbocycles. The van der Waals surface area contributed by atoms with Gasteiger partial charge in [0.25, 0.3) is 30.4 Å². The fraction of sp³-hybridized carbons (Fsp3) is 0. The Balaban J connectivity index is 2.00. The Hall–Kier alpha value is -3.87. The summed E-state index contributed by atoms with van der Waals surface area (Å²) in [5, 5.41) is 2.59. The van der Waals surface area contributed by atoms with Crippen molar-refractivity contribution < 1.29 is 48.5 Å². The fourth-order valence-electron chi connectivity index (χ4n) is 3.81. The van der Waals surface area contributed by atoms with Crippen LogP contribution in [0.3, 0.4) is 0 Å². The first kappa shape index (κ1) is 26.2. The second-order valence-corrected chi connectivity index (χ2v) is 12.0. The molecule has 0 fully saturated rings. The maximum absolute atomic E-state index is 13.4. The fourth-order valence-corrected chi connectivity index (χ4v) is 5.56. The Morgan fingerprint density at radius 1 is 0.649 bits per heavy atom. The van der Waals surface area contributed by atoms with Crippen molar-refractivity contribution in [1.82, 2.24) is 0 Å². The van der Waals surface area contributed by atoms with Gasteiger partial charge < -0.3 is 16.8 Å². The van der Waals surface area contributed by atoms with Crippen LogP contribution in [-0.2, 0) is 30.4 Å².